The molecule has 0 aliphatic heterocycles. The van der Waals surface area contributed by atoms with Gasteiger partial charge in [-0.05, 0) is 66.8 Å². The second kappa shape index (κ2) is 6.35. The quantitative estimate of drug-likeness (QED) is 0.419. The first-order valence-electron chi connectivity index (χ1n) is 8.99. The van der Waals surface area contributed by atoms with Crippen molar-refractivity contribution in [2.45, 2.75) is 13.8 Å². The molecule has 2 aromatic carbocycles. The second-order valence-electron chi connectivity index (χ2n) is 6.86. The van der Waals surface area contributed by atoms with Gasteiger partial charge in [-0.2, -0.15) is 0 Å². The summed E-state index contributed by atoms with van der Waals surface area (Å²) in [6.45, 7) is 4.20. The molecule has 3 aromatic heterocycles. The van der Waals surface area contributed by atoms with Gasteiger partial charge >= 0.3 is 0 Å². The summed E-state index contributed by atoms with van der Waals surface area (Å²) in [5, 5.41) is 19.2. The molecule has 2 N–H and O–H groups in total. The van der Waals surface area contributed by atoms with Crippen LogP contribution in [0, 0.1) is 13.8 Å². The number of phenols is 1. The monoisotopic (exact) mass is 386 g/mol. The minimum absolute atomic E-state index is 0.299. The van der Waals surface area contributed by atoms with Gasteiger partial charge in [-0.3, -0.25) is 0 Å². The molecule has 0 unspecified atom stereocenters. The Labute approximate surface area is 165 Å². The van der Waals surface area contributed by atoms with E-state index in [1.165, 1.54) is 22.5 Å². The Bertz CT molecular complexity index is 1340. The van der Waals surface area contributed by atoms with Crippen LogP contribution >= 0.6 is 11.3 Å². The molecule has 0 saturated carbocycles. The smallest absolute Gasteiger partial charge is 0.154 e. The number of hydrogen-bond acceptors (Lipinski definition) is 5. The third kappa shape index (κ3) is 2.78. The van der Waals surface area contributed by atoms with E-state index in [9.17, 15) is 5.11 Å². The number of aromatic nitrogens is 3. The number of phenolic OH excluding ortho intramolecular Hbond substituents is 1. The fraction of sp³-hybridized carbons (Fsp3) is 0.0909. The molecule has 3 heterocycles. The number of nitrogens with one attached hydrogen (secondary N) is 1. The summed E-state index contributed by atoms with van der Waals surface area (Å²) in [6.07, 6.45) is 1.82. The summed E-state index contributed by atoms with van der Waals surface area (Å²) < 4.78 is 2.71. The second-order valence-corrected chi connectivity index (χ2v) is 7.91. The molecule has 0 aliphatic rings. The van der Waals surface area contributed by atoms with Gasteiger partial charge in [0.2, 0.25) is 0 Å². The van der Waals surface area contributed by atoms with Gasteiger partial charge in [0, 0.05) is 5.69 Å². The average molecular weight is 386 g/mol. The van der Waals surface area contributed by atoms with E-state index < -0.39 is 0 Å². The fourth-order valence-electron chi connectivity index (χ4n) is 3.25. The number of nitrogens with zero attached hydrogens (tertiary/aromatic N) is 3. The maximum atomic E-state index is 10.1. The van der Waals surface area contributed by atoms with Crippen molar-refractivity contribution in [3.8, 4) is 16.3 Å². The molecule has 0 atom stereocenters. The van der Waals surface area contributed by atoms with Crippen LogP contribution in [0.15, 0.2) is 60.8 Å². The van der Waals surface area contributed by atoms with Crippen molar-refractivity contribution in [1.82, 2.24) is 14.6 Å². The summed E-state index contributed by atoms with van der Waals surface area (Å²) in [5.74, 6) is 1.05. The number of benzene rings is 2. The first kappa shape index (κ1) is 16.8. The highest BCUT2D eigenvalue weighted by atomic mass is 32.1. The zero-order chi connectivity index (χ0) is 19.3. The van der Waals surface area contributed by atoms with Gasteiger partial charge in [-0.1, -0.05) is 18.2 Å². The highest BCUT2D eigenvalue weighted by Crippen LogP contribution is 2.38. The van der Waals surface area contributed by atoms with Crippen molar-refractivity contribution in [1.29, 1.82) is 0 Å². The van der Waals surface area contributed by atoms with Gasteiger partial charge in [0.1, 0.15) is 11.4 Å². The predicted molar refractivity (Wildman–Crippen MR) is 115 cm³/mol. The lowest BCUT2D eigenvalue weighted by Crippen LogP contribution is -2.00. The highest BCUT2D eigenvalue weighted by molar-refractivity contribution is 7.22. The number of thiophene rings is 1. The Balaban J connectivity index is 1.57. The lowest BCUT2D eigenvalue weighted by molar-refractivity contribution is 0.482. The van der Waals surface area contributed by atoms with E-state index in [0.717, 1.165) is 37.8 Å². The standard InChI is InChI=1S/C22H18N4OS/c1-13-6-7-16(10-14(13)2)24-20-8-9-21-23-12-17(26(21)25-20)19-11-15-4-3-5-18(27)22(15)28-19/h3-12,27H,1-2H3,(H,24,25). The van der Waals surface area contributed by atoms with Crippen molar-refractivity contribution in [2.24, 2.45) is 0 Å². The largest absolute Gasteiger partial charge is 0.506 e. The van der Waals surface area contributed by atoms with Gasteiger partial charge in [0.15, 0.2) is 11.5 Å². The van der Waals surface area contributed by atoms with E-state index in [-0.39, 0.29) is 0 Å². The molecule has 0 amide bonds. The summed E-state index contributed by atoms with van der Waals surface area (Å²) in [4.78, 5) is 5.49. The van der Waals surface area contributed by atoms with Crippen molar-refractivity contribution in [3.63, 3.8) is 0 Å². The first-order valence-corrected chi connectivity index (χ1v) is 9.81. The first-order chi connectivity index (χ1) is 13.6. The van der Waals surface area contributed by atoms with Gasteiger partial charge < -0.3 is 10.4 Å². The van der Waals surface area contributed by atoms with E-state index in [1.807, 2.05) is 35.0 Å². The van der Waals surface area contributed by atoms with Crippen LogP contribution in [-0.2, 0) is 0 Å². The molecule has 6 heteroatoms. The number of imidazole rings is 1. The van der Waals surface area contributed by atoms with Crippen LogP contribution in [0.2, 0.25) is 0 Å². The van der Waals surface area contributed by atoms with Crippen LogP contribution < -0.4 is 5.32 Å². The zero-order valence-electron chi connectivity index (χ0n) is 15.5. The van der Waals surface area contributed by atoms with E-state index in [1.54, 1.807) is 6.07 Å². The third-order valence-corrected chi connectivity index (χ3v) is 6.11. The molecule has 0 aliphatic carbocycles. The zero-order valence-corrected chi connectivity index (χ0v) is 16.3. The maximum Gasteiger partial charge on any atom is 0.154 e. The van der Waals surface area contributed by atoms with E-state index in [4.69, 9.17) is 5.10 Å². The molecule has 0 radical (unpaired) electrons. The number of aromatic hydroxyl groups is 1. The van der Waals surface area contributed by atoms with E-state index in [2.05, 4.69) is 48.4 Å². The molecular weight excluding hydrogens is 368 g/mol. The third-order valence-electron chi connectivity index (χ3n) is 4.92. The van der Waals surface area contributed by atoms with Crippen molar-refractivity contribution >= 4 is 38.6 Å². The fourth-order valence-corrected chi connectivity index (χ4v) is 4.32. The van der Waals surface area contributed by atoms with Crippen LogP contribution in [0.4, 0.5) is 11.5 Å². The Kier molecular flexibility index (Phi) is 3.80. The van der Waals surface area contributed by atoms with E-state index >= 15 is 0 Å². The Morgan fingerprint density at radius 3 is 2.71 bits per heavy atom. The SMILES string of the molecule is Cc1ccc(Nc2ccc3ncc(-c4cc5cccc(O)c5s4)n3n2)cc1C. The molecule has 5 nitrogen and oxygen atoms in total. The Morgan fingerprint density at radius 2 is 1.89 bits per heavy atom. The lowest BCUT2D eigenvalue weighted by Gasteiger charge is -2.08. The number of rotatable bonds is 3. The summed E-state index contributed by atoms with van der Waals surface area (Å²) in [5.41, 5.74) is 5.18. The van der Waals surface area contributed by atoms with Gasteiger partial charge in [-0.25, -0.2) is 9.50 Å². The molecule has 28 heavy (non-hydrogen) atoms. The average Bonchev–Trinajstić information content (AvgIpc) is 3.29. The van der Waals surface area contributed by atoms with Crippen molar-refractivity contribution < 1.29 is 5.11 Å². The maximum absolute atomic E-state index is 10.1. The Morgan fingerprint density at radius 1 is 1.00 bits per heavy atom. The molecule has 0 bridgehead atoms. The number of anilines is 2. The van der Waals surface area contributed by atoms with Gasteiger partial charge in [0.05, 0.1) is 15.8 Å². The molecule has 0 saturated heterocycles. The molecule has 5 aromatic rings. The minimum Gasteiger partial charge on any atom is -0.506 e. The van der Waals surface area contributed by atoms with Crippen LogP contribution in [0.25, 0.3) is 26.3 Å². The lowest BCUT2D eigenvalue weighted by atomic mass is 10.1. The number of aryl methyl sites for hydroxylation is 2. The van der Waals surface area contributed by atoms with Crippen LogP contribution in [-0.4, -0.2) is 19.7 Å². The summed E-state index contributed by atoms with van der Waals surface area (Å²) >= 11 is 1.54. The molecule has 0 spiro atoms. The van der Waals surface area contributed by atoms with Crippen LogP contribution in [0.3, 0.4) is 0 Å². The predicted octanol–water partition coefficient (Wildman–Crippen LogP) is 5.68. The number of fused-ring (bicyclic) bond motifs is 2. The van der Waals surface area contributed by atoms with Crippen LogP contribution in [0.5, 0.6) is 5.75 Å². The molecule has 5 rings (SSSR count). The molecular formula is C22H18N4OS. The summed E-state index contributed by atoms with van der Waals surface area (Å²) in [7, 11) is 0. The molecule has 138 valence electrons. The minimum atomic E-state index is 0.299. The van der Waals surface area contributed by atoms with Crippen LogP contribution in [0.1, 0.15) is 11.1 Å². The van der Waals surface area contributed by atoms with Crippen molar-refractivity contribution in [2.75, 3.05) is 5.32 Å². The van der Waals surface area contributed by atoms with Gasteiger partial charge in [-0.15, -0.1) is 16.4 Å². The number of hydrogen-bond donors (Lipinski definition) is 2. The van der Waals surface area contributed by atoms with Gasteiger partial charge in [0.25, 0.3) is 0 Å². The Hall–Kier alpha value is -3.38. The summed E-state index contributed by atoms with van der Waals surface area (Å²) in [6, 6.07) is 17.8. The van der Waals surface area contributed by atoms with E-state index in [0.29, 0.717) is 5.75 Å². The van der Waals surface area contributed by atoms with Crippen molar-refractivity contribution in [3.05, 3.63) is 71.9 Å². The highest BCUT2D eigenvalue weighted by Gasteiger charge is 2.13. The topological polar surface area (TPSA) is 62.5 Å². The normalized spacial score (nSPS) is 11.4. The molecule has 0 fully saturated rings.